The van der Waals surface area contributed by atoms with Crippen molar-refractivity contribution >= 4 is 11.8 Å². The standard InChI is InChI=1S/C13H22N2OS/c1-10-6-13(8-14,9-17-10)15(3)7-12-4-5-16-11(12)2/h4-5,10H,6-9,14H2,1-3H3. The van der Waals surface area contributed by atoms with Crippen LogP contribution in [0.4, 0.5) is 0 Å². The average Bonchev–Trinajstić information content (AvgIpc) is 2.87. The van der Waals surface area contributed by atoms with Crippen LogP contribution in [-0.2, 0) is 6.54 Å². The topological polar surface area (TPSA) is 42.4 Å². The summed E-state index contributed by atoms with van der Waals surface area (Å²) < 4.78 is 5.35. The molecular weight excluding hydrogens is 232 g/mol. The zero-order valence-corrected chi connectivity index (χ0v) is 11.7. The van der Waals surface area contributed by atoms with Crippen molar-refractivity contribution < 1.29 is 4.42 Å². The number of nitrogens with zero attached hydrogens (tertiary/aromatic N) is 1. The molecular formula is C13H22N2OS. The minimum atomic E-state index is 0.161. The maximum Gasteiger partial charge on any atom is 0.105 e. The molecule has 1 aliphatic rings. The molecule has 2 atom stereocenters. The maximum atomic E-state index is 6.02. The molecule has 1 fully saturated rings. The highest BCUT2D eigenvalue weighted by Crippen LogP contribution is 2.38. The highest BCUT2D eigenvalue weighted by molar-refractivity contribution is 8.00. The Bertz CT molecular complexity index is 379. The number of furan rings is 1. The summed E-state index contributed by atoms with van der Waals surface area (Å²) in [6, 6.07) is 2.06. The molecule has 96 valence electrons. The summed E-state index contributed by atoms with van der Waals surface area (Å²) in [5.74, 6) is 2.15. The van der Waals surface area contributed by atoms with Gasteiger partial charge < -0.3 is 10.2 Å². The Morgan fingerprint density at radius 3 is 2.88 bits per heavy atom. The summed E-state index contributed by atoms with van der Waals surface area (Å²) in [5, 5.41) is 0.714. The lowest BCUT2D eigenvalue weighted by Crippen LogP contribution is -2.52. The van der Waals surface area contributed by atoms with Crippen LogP contribution >= 0.6 is 11.8 Å². The first-order valence-corrected chi connectivity index (χ1v) is 7.18. The number of hydrogen-bond donors (Lipinski definition) is 1. The van der Waals surface area contributed by atoms with Gasteiger partial charge in [0, 0.05) is 35.2 Å². The number of rotatable bonds is 4. The summed E-state index contributed by atoms with van der Waals surface area (Å²) in [5.41, 5.74) is 7.45. The molecule has 0 spiro atoms. The molecule has 4 heteroatoms. The molecule has 1 aromatic heterocycles. The first-order valence-electron chi connectivity index (χ1n) is 6.13. The summed E-state index contributed by atoms with van der Waals surface area (Å²) in [6.07, 6.45) is 2.95. The average molecular weight is 254 g/mol. The third-order valence-corrected chi connectivity index (χ3v) is 5.31. The molecule has 1 aromatic rings. The van der Waals surface area contributed by atoms with Crippen LogP contribution in [0.5, 0.6) is 0 Å². The molecule has 0 aromatic carbocycles. The van der Waals surface area contributed by atoms with Crippen LogP contribution in [0.1, 0.15) is 24.7 Å². The van der Waals surface area contributed by atoms with Crippen LogP contribution in [0.3, 0.4) is 0 Å². The number of thioether (sulfide) groups is 1. The number of nitrogens with two attached hydrogens (primary N) is 1. The second-order valence-corrected chi connectivity index (χ2v) is 6.54. The highest BCUT2D eigenvalue weighted by atomic mass is 32.2. The highest BCUT2D eigenvalue weighted by Gasteiger charge is 2.40. The monoisotopic (exact) mass is 254 g/mol. The molecule has 1 aliphatic heterocycles. The molecule has 3 nitrogen and oxygen atoms in total. The minimum absolute atomic E-state index is 0.161. The lowest BCUT2D eigenvalue weighted by molar-refractivity contribution is 0.138. The van der Waals surface area contributed by atoms with Gasteiger partial charge in [-0.05, 0) is 26.5 Å². The van der Waals surface area contributed by atoms with Crippen molar-refractivity contribution in [2.45, 2.75) is 37.6 Å². The van der Waals surface area contributed by atoms with E-state index >= 15 is 0 Å². The molecule has 2 N–H and O–H groups in total. The Morgan fingerprint density at radius 1 is 1.65 bits per heavy atom. The van der Waals surface area contributed by atoms with Crippen LogP contribution in [0, 0.1) is 6.92 Å². The molecule has 2 unspecified atom stereocenters. The Kier molecular flexibility index (Phi) is 3.85. The van der Waals surface area contributed by atoms with Crippen LogP contribution in [0.15, 0.2) is 16.7 Å². The van der Waals surface area contributed by atoms with E-state index in [1.165, 1.54) is 12.0 Å². The van der Waals surface area contributed by atoms with Crippen molar-refractivity contribution in [3.05, 3.63) is 23.7 Å². The lowest BCUT2D eigenvalue weighted by Gasteiger charge is -2.37. The lowest BCUT2D eigenvalue weighted by atomic mass is 9.94. The summed E-state index contributed by atoms with van der Waals surface area (Å²) >= 11 is 2.03. The van der Waals surface area contributed by atoms with Gasteiger partial charge >= 0.3 is 0 Å². The van der Waals surface area contributed by atoms with Gasteiger partial charge in [0.2, 0.25) is 0 Å². The van der Waals surface area contributed by atoms with E-state index in [2.05, 4.69) is 24.9 Å². The predicted molar refractivity (Wildman–Crippen MR) is 73.2 cm³/mol. The third-order valence-electron chi connectivity index (χ3n) is 3.87. The Morgan fingerprint density at radius 2 is 2.41 bits per heavy atom. The Hall–Kier alpha value is -0.450. The van der Waals surface area contributed by atoms with Gasteiger partial charge in [-0.15, -0.1) is 0 Å². The summed E-state index contributed by atoms with van der Waals surface area (Å²) in [4.78, 5) is 2.40. The second kappa shape index (κ2) is 5.04. The Labute approximate surface area is 108 Å². The molecule has 17 heavy (non-hydrogen) atoms. The molecule has 0 amide bonds. The molecule has 0 saturated carbocycles. The van der Waals surface area contributed by atoms with E-state index in [9.17, 15) is 0 Å². The summed E-state index contributed by atoms with van der Waals surface area (Å²) in [7, 11) is 2.18. The van der Waals surface area contributed by atoms with Gasteiger partial charge in [0.1, 0.15) is 5.76 Å². The van der Waals surface area contributed by atoms with Gasteiger partial charge in [-0.3, -0.25) is 4.90 Å². The van der Waals surface area contributed by atoms with Gasteiger partial charge in [-0.2, -0.15) is 11.8 Å². The van der Waals surface area contributed by atoms with E-state index in [4.69, 9.17) is 10.2 Å². The predicted octanol–water partition coefficient (Wildman–Crippen LogP) is 2.24. The largest absolute Gasteiger partial charge is 0.469 e. The molecule has 2 rings (SSSR count). The van der Waals surface area contributed by atoms with Gasteiger partial charge in [-0.1, -0.05) is 6.92 Å². The number of aryl methyl sites for hydroxylation is 1. The molecule has 1 saturated heterocycles. The normalized spacial score (nSPS) is 29.1. The van der Waals surface area contributed by atoms with Gasteiger partial charge in [0.05, 0.1) is 6.26 Å². The Balaban J connectivity index is 2.08. The minimum Gasteiger partial charge on any atom is -0.469 e. The fourth-order valence-corrected chi connectivity index (χ4v) is 3.99. The zero-order valence-electron chi connectivity index (χ0n) is 10.9. The van der Waals surface area contributed by atoms with Crippen LogP contribution in [-0.4, -0.2) is 35.0 Å². The quantitative estimate of drug-likeness (QED) is 0.895. The molecule has 0 bridgehead atoms. The SMILES string of the molecule is Cc1occc1CN(C)C1(CN)CSC(C)C1. The first-order chi connectivity index (χ1) is 8.07. The maximum absolute atomic E-state index is 6.02. The van der Waals surface area contributed by atoms with E-state index in [1.807, 2.05) is 18.7 Å². The smallest absolute Gasteiger partial charge is 0.105 e. The first kappa shape index (κ1) is 13.0. The van der Waals surface area contributed by atoms with Gasteiger partial charge in [0.25, 0.3) is 0 Å². The van der Waals surface area contributed by atoms with Crippen molar-refractivity contribution in [1.29, 1.82) is 0 Å². The fourth-order valence-electron chi connectivity index (χ4n) is 2.51. The molecule has 2 heterocycles. The van der Waals surface area contributed by atoms with Crippen molar-refractivity contribution in [3.8, 4) is 0 Å². The zero-order chi connectivity index (χ0) is 12.5. The molecule has 0 radical (unpaired) electrons. The summed E-state index contributed by atoms with van der Waals surface area (Å²) in [6.45, 7) is 5.97. The number of hydrogen-bond acceptors (Lipinski definition) is 4. The van der Waals surface area contributed by atoms with Crippen LogP contribution in [0.25, 0.3) is 0 Å². The second-order valence-electron chi connectivity index (χ2n) is 5.11. The third kappa shape index (κ3) is 2.54. The van der Waals surface area contributed by atoms with Crippen molar-refractivity contribution in [1.82, 2.24) is 4.90 Å². The van der Waals surface area contributed by atoms with Gasteiger partial charge in [0.15, 0.2) is 0 Å². The van der Waals surface area contributed by atoms with Crippen LogP contribution in [0.2, 0.25) is 0 Å². The van der Waals surface area contributed by atoms with E-state index in [0.717, 1.165) is 24.6 Å². The van der Waals surface area contributed by atoms with Crippen LogP contribution < -0.4 is 5.73 Å². The van der Waals surface area contributed by atoms with Crippen molar-refractivity contribution in [2.75, 3.05) is 19.3 Å². The van der Waals surface area contributed by atoms with E-state index in [1.54, 1.807) is 6.26 Å². The van der Waals surface area contributed by atoms with Gasteiger partial charge in [-0.25, -0.2) is 0 Å². The molecule has 0 aliphatic carbocycles. The number of likely N-dealkylation sites (N-methyl/N-ethyl adjacent to an activating group) is 1. The fraction of sp³-hybridized carbons (Fsp3) is 0.692. The van der Waals surface area contributed by atoms with E-state index < -0.39 is 0 Å². The van der Waals surface area contributed by atoms with Crippen molar-refractivity contribution in [2.24, 2.45) is 5.73 Å². The van der Waals surface area contributed by atoms with E-state index in [0.29, 0.717) is 5.25 Å². The van der Waals surface area contributed by atoms with E-state index in [-0.39, 0.29) is 5.54 Å². The van der Waals surface area contributed by atoms with Crippen molar-refractivity contribution in [3.63, 3.8) is 0 Å².